The molecule has 0 aliphatic rings. The first-order valence-corrected chi connectivity index (χ1v) is 8.33. The van der Waals surface area contributed by atoms with E-state index in [1.807, 2.05) is 12.1 Å². The highest BCUT2D eigenvalue weighted by atomic mass is 127. The summed E-state index contributed by atoms with van der Waals surface area (Å²) in [6, 6.07) is 13.8. The van der Waals surface area contributed by atoms with Gasteiger partial charge < -0.3 is 10.1 Å². The number of para-hydroxylation sites is 1. The number of H-pyrrole nitrogens is 1. The van der Waals surface area contributed by atoms with E-state index in [9.17, 15) is 14.4 Å². The molecule has 3 rings (SSSR count). The average Bonchev–Trinajstić information content (AvgIpc) is 2.62. The quantitative estimate of drug-likeness (QED) is 0.471. The maximum Gasteiger partial charge on any atom is 0.359 e. The highest BCUT2D eigenvalue weighted by molar-refractivity contribution is 14.1. The molecule has 0 spiro atoms. The Hall–Kier alpha value is -2.75. The van der Waals surface area contributed by atoms with Crippen LogP contribution in [0.5, 0.6) is 0 Å². The van der Waals surface area contributed by atoms with Gasteiger partial charge in [-0.2, -0.15) is 5.10 Å². The Bertz CT molecular complexity index is 1020. The second kappa shape index (κ2) is 7.43. The minimum atomic E-state index is -0.787. The first-order chi connectivity index (χ1) is 12.1. The van der Waals surface area contributed by atoms with Crippen molar-refractivity contribution < 1.29 is 14.3 Å². The zero-order valence-electron chi connectivity index (χ0n) is 12.8. The molecule has 126 valence electrons. The zero-order valence-corrected chi connectivity index (χ0v) is 14.9. The van der Waals surface area contributed by atoms with Crippen molar-refractivity contribution in [1.29, 1.82) is 0 Å². The Balaban J connectivity index is 1.71. The van der Waals surface area contributed by atoms with E-state index in [0.29, 0.717) is 16.5 Å². The van der Waals surface area contributed by atoms with Crippen LogP contribution in [-0.4, -0.2) is 28.7 Å². The number of nitrogens with one attached hydrogen (secondary N) is 2. The Kier molecular flexibility index (Phi) is 5.08. The fourth-order valence-electron chi connectivity index (χ4n) is 2.22. The SMILES string of the molecule is O=C(COC(=O)c1n[nH]c(=O)c2ccccc12)Nc1ccccc1I. The van der Waals surface area contributed by atoms with Gasteiger partial charge in [-0.1, -0.05) is 30.3 Å². The molecule has 7 nitrogen and oxygen atoms in total. The number of hydrogen-bond acceptors (Lipinski definition) is 5. The summed E-state index contributed by atoms with van der Waals surface area (Å²) in [4.78, 5) is 35.9. The molecule has 2 aromatic carbocycles. The van der Waals surface area contributed by atoms with Crippen molar-refractivity contribution >= 4 is 50.9 Å². The number of halogens is 1. The van der Waals surface area contributed by atoms with E-state index in [2.05, 4.69) is 38.1 Å². The number of carbonyl (C=O) groups is 2. The summed E-state index contributed by atoms with van der Waals surface area (Å²) >= 11 is 2.09. The van der Waals surface area contributed by atoms with Crippen LogP contribution >= 0.6 is 22.6 Å². The van der Waals surface area contributed by atoms with Crippen LogP contribution in [0.1, 0.15) is 10.5 Å². The van der Waals surface area contributed by atoms with Crippen molar-refractivity contribution in [3.8, 4) is 0 Å². The third-order valence-electron chi connectivity index (χ3n) is 3.37. The number of amides is 1. The number of benzene rings is 2. The molecule has 0 saturated heterocycles. The number of fused-ring (bicyclic) bond motifs is 1. The van der Waals surface area contributed by atoms with E-state index < -0.39 is 24.0 Å². The Labute approximate surface area is 155 Å². The molecular weight excluding hydrogens is 437 g/mol. The number of carbonyl (C=O) groups excluding carboxylic acids is 2. The van der Waals surface area contributed by atoms with Gasteiger partial charge in [-0.15, -0.1) is 0 Å². The molecule has 25 heavy (non-hydrogen) atoms. The van der Waals surface area contributed by atoms with E-state index in [4.69, 9.17) is 4.74 Å². The van der Waals surface area contributed by atoms with E-state index in [0.717, 1.165) is 3.57 Å². The van der Waals surface area contributed by atoms with Gasteiger partial charge in [-0.3, -0.25) is 9.59 Å². The first kappa shape index (κ1) is 17.1. The number of anilines is 1. The second-order valence-corrected chi connectivity index (χ2v) is 6.21. The molecule has 3 aromatic rings. The molecule has 0 saturated carbocycles. The largest absolute Gasteiger partial charge is 0.451 e. The number of ether oxygens (including phenoxy) is 1. The third-order valence-corrected chi connectivity index (χ3v) is 4.31. The Morgan fingerprint density at radius 3 is 2.52 bits per heavy atom. The van der Waals surface area contributed by atoms with Gasteiger partial charge in [-0.25, -0.2) is 9.89 Å². The predicted octanol–water partition coefficient (Wildman–Crippen LogP) is 2.32. The number of aromatic nitrogens is 2. The fourth-order valence-corrected chi connectivity index (χ4v) is 2.74. The molecular formula is C17H12IN3O4. The molecule has 0 radical (unpaired) electrons. The van der Waals surface area contributed by atoms with E-state index >= 15 is 0 Å². The van der Waals surface area contributed by atoms with Crippen molar-refractivity contribution in [3.63, 3.8) is 0 Å². The summed E-state index contributed by atoms with van der Waals surface area (Å²) in [6.07, 6.45) is 0. The number of hydrogen-bond donors (Lipinski definition) is 2. The van der Waals surface area contributed by atoms with Crippen LogP contribution in [0.2, 0.25) is 0 Å². The van der Waals surface area contributed by atoms with Gasteiger partial charge in [0.2, 0.25) is 0 Å². The van der Waals surface area contributed by atoms with Crippen LogP contribution in [0.25, 0.3) is 10.8 Å². The molecule has 0 atom stereocenters. The Morgan fingerprint density at radius 1 is 1.08 bits per heavy atom. The number of nitrogens with zero attached hydrogens (tertiary/aromatic N) is 1. The summed E-state index contributed by atoms with van der Waals surface area (Å²) in [5.41, 5.74) is 0.192. The third kappa shape index (κ3) is 3.85. The average molecular weight is 449 g/mol. The smallest absolute Gasteiger partial charge is 0.359 e. The summed E-state index contributed by atoms with van der Waals surface area (Å²) in [5, 5.41) is 9.35. The lowest BCUT2D eigenvalue weighted by Gasteiger charge is -2.08. The highest BCUT2D eigenvalue weighted by Crippen LogP contribution is 2.17. The van der Waals surface area contributed by atoms with Crippen LogP contribution in [0.3, 0.4) is 0 Å². The first-order valence-electron chi connectivity index (χ1n) is 7.25. The lowest BCUT2D eigenvalue weighted by molar-refractivity contribution is -0.119. The standard InChI is InChI=1S/C17H12IN3O4/c18-12-7-3-4-8-13(12)19-14(22)9-25-17(24)15-10-5-1-2-6-11(10)16(23)21-20-15/h1-8H,9H2,(H,19,22)(H,21,23). The van der Waals surface area contributed by atoms with Crippen molar-refractivity contribution in [2.75, 3.05) is 11.9 Å². The highest BCUT2D eigenvalue weighted by Gasteiger charge is 2.17. The minimum Gasteiger partial charge on any atom is -0.451 e. The molecule has 0 aliphatic carbocycles. The molecule has 0 unspecified atom stereocenters. The normalized spacial score (nSPS) is 10.4. The van der Waals surface area contributed by atoms with E-state index in [-0.39, 0.29) is 5.69 Å². The zero-order chi connectivity index (χ0) is 17.8. The topological polar surface area (TPSA) is 101 Å². The van der Waals surface area contributed by atoms with E-state index in [1.165, 1.54) is 0 Å². The monoisotopic (exact) mass is 449 g/mol. The lowest BCUT2D eigenvalue weighted by Crippen LogP contribution is -2.23. The summed E-state index contributed by atoms with van der Waals surface area (Å²) in [5.74, 6) is -1.25. The van der Waals surface area contributed by atoms with Crippen molar-refractivity contribution in [2.24, 2.45) is 0 Å². The maximum absolute atomic E-state index is 12.2. The van der Waals surface area contributed by atoms with Crippen molar-refractivity contribution in [3.05, 3.63) is 68.1 Å². The Morgan fingerprint density at radius 2 is 1.76 bits per heavy atom. The van der Waals surface area contributed by atoms with Crippen LogP contribution in [-0.2, 0) is 9.53 Å². The van der Waals surface area contributed by atoms with Gasteiger partial charge in [0.25, 0.3) is 11.5 Å². The van der Waals surface area contributed by atoms with Crippen LogP contribution < -0.4 is 10.9 Å². The lowest BCUT2D eigenvalue weighted by atomic mass is 10.1. The van der Waals surface area contributed by atoms with Gasteiger partial charge >= 0.3 is 5.97 Å². The maximum atomic E-state index is 12.2. The van der Waals surface area contributed by atoms with Gasteiger partial charge in [0.05, 0.1) is 11.1 Å². The van der Waals surface area contributed by atoms with Crippen molar-refractivity contribution in [1.82, 2.24) is 10.2 Å². The summed E-state index contributed by atoms with van der Waals surface area (Å²) < 4.78 is 5.88. The van der Waals surface area contributed by atoms with Crippen molar-refractivity contribution in [2.45, 2.75) is 0 Å². The van der Waals surface area contributed by atoms with Crippen LogP contribution in [0.15, 0.2) is 53.3 Å². The fraction of sp³-hybridized carbons (Fsp3) is 0.0588. The summed E-state index contributed by atoms with van der Waals surface area (Å²) in [7, 11) is 0. The second-order valence-electron chi connectivity index (χ2n) is 5.05. The molecule has 0 fully saturated rings. The van der Waals surface area contributed by atoms with Crippen LogP contribution in [0.4, 0.5) is 5.69 Å². The molecule has 0 aliphatic heterocycles. The minimum absolute atomic E-state index is 0.0442. The summed E-state index contributed by atoms with van der Waals surface area (Å²) in [6.45, 7) is -0.459. The molecule has 1 amide bonds. The number of aromatic amines is 1. The number of esters is 1. The molecule has 2 N–H and O–H groups in total. The molecule has 1 aromatic heterocycles. The van der Waals surface area contributed by atoms with E-state index in [1.54, 1.807) is 36.4 Å². The van der Waals surface area contributed by atoms with Gasteiger partial charge in [0, 0.05) is 8.96 Å². The van der Waals surface area contributed by atoms with Crippen LogP contribution in [0, 0.1) is 3.57 Å². The molecule has 0 bridgehead atoms. The van der Waals surface area contributed by atoms with Gasteiger partial charge in [0.15, 0.2) is 12.3 Å². The van der Waals surface area contributed by atoms with Gasteiger partial charge in [0.1, 0.15) is 0 Å². The molecule has 1 heterocycles. The molecule has 8 heteroatoms. The predicted molar refractivity (Wildman–Crippen MR) is 100 cm³/mol. The van der Waals surface area contributed by atoms with Gasteiger partial charge in [-0.05, 0) is 40.8 Å². The number of rotatable bonds is 4.